The van der Waals surface area contributed by atoms with E-state index in [0.717, 1.165) is 44.2 Å². The van der Waals surface area contributed by atoms with Crippen LogP contribution in [0, 0.1) is 0 Å². The zero-order chi connectivity index (χ0) is 18.5. The van der Waals surface area contributed by atoms with Crippen molar-refractivity contribution >= 4 is 5.91 Å². The molecule has 2 aromatic rings. The lowest BCUT2D eigenvalue weighted by atomic mass is 10.1. The Balaban J connectivity index is 1.34. The first-order valence-electron chi connectivity index (χ1n) is 10.2. The zero-order valence-corrected chi connectivity index (χ0v) is 15.9. The molecule has 0 aliphatic carbocycles. The number of hydrogen-bond acceptors (Lipinski definition) is 5. The second-order valence-electron chi connectivity index (χ2n) is 7.59. The molecule has 2 saturated heterocycles. The van der Waals surface area contributed by atoms with Gasteiger partial charge in [0.05, 0.1) is 18.8 Å². The molecule has 6 heteroatoms. The van der Waals surface area contributed by atoms with Crippen molar-refractivity contribution in [2.45, 2.75) is 44.7 Å². The summed E-state index contributed by atoms with van der Waals surface area (Å²) in [6.45, 7) is 5.63. The highest BCUT2D eigenvalue weighted by Crippen LogP contribution is 2.25. The van der Waals surface area contributed by atoms with Gasteiger partial charge in [0.15, 0.2) is 5.76 Å². The molecule has 6 nitrogen and oxygen atoms in total. The van der Waals surface area contributed by atoms with Gasteiger partial charge < -0.3 is 14.2 Å². The molecule has 27 heavy (non-hydrogen) atoms. The van der Waals surface area contributed by atoms with Crippen molar-refractivity contribution in [3.8, 4) is 0 Å². The van der Waals surface area contributed by atoms with Crippen LogP contribution in [0.1, 0.15) is 60.2 Å². The second-order valence-corrected chi connectivity index (χ2v) is 7.59. The van der Waals surface area contributed by atoms with Crippen LogP contribution in [0.25, 0.3) is 0 Å². The maximum atomic E-state index is 12.6. The molecule has 2 fully saturated rings. The highest BCUT2D eigenvalue weighted by atomic mass is 16.4. The van der Waals surface area contributed by atoms with Gasteiger partial charge in [-0.25, -0.2) is 0 Å². The summed E-state index contributed by atoms with van der Waals surface area (Å²) in [5.74, 6) is 2.00. The van der Waals surface area contributed by atoms with E-state index in [1.165, 1.54) is 32.1 Å². The van der Waals surface area contributed by atoms with Gasteiger partial charge >= 0.3 is 0 Å². The number of carbonyl (C=O) groups is 1. The fraction of sp³-hybridized carbons (Fsp3) is 0.571. The van der Waals surface area contributed by atoms with Crippen LogP contribution in [0.5, 0.6) is 0 Å². The van der Waals surface area contributed by atoms with Gasteiger partial charge in [0.25, 0.3) is 5.91 Å². The Hall–Kier alpha value is -2.05. The molecule has 4 heterocycles. The summed E-state index contributed by atoms with van der Waals surface area (Å²) in [5.41, 5.74) is 0. The molecule has 0 radical (unpaired) electrons. The number of nitrogens with zero attached hydrogens (tertiary/aromatic N) is 2. The van der Waals surface area contributed by atoms with E-state index >= 15 is 0 Å². The molecular weight excluding hydrogens is 342 g/mol. The minimum atomic E-state index is -0.157. The Morgan fingerprint density at radius 3 is 2.56 bits per heavy atom. The van der Waals surface area contributed by atoms with Crippen LogP contribution in [0.3, 0.4) is 0 Å². The van der Waals surface area contributed by atoms with Gasteiger partial charge in [-0.2, -0.15) is 0 Å². The van der Waals surface area contributed by atoms with Crippen LogP contribution in [-0.4, -0.2) is 48.4 Å². The van der Waals surface area contributed by atoms with Crippen molar-refractivity contribution in [3.05, 3.63) is 47.8 Å². The maximum absolute atomic E-state index is 12.6. The number of furan rings is 2. The Morgan fingerprint density at radius 2 is 1.81 bits per heavy atom. The number of rotatable bonds is 7. The molecule has 4 rings (SSSR count). The summed E-state index contributed by atoms with van der Waals surface area (Å²) >= 11 is 0. The number of hydrogen-bond donors (Lipinski definition) is 1. The molecule has 0 bridgehead atoms. The number of amides is 1. The standard InChI is InChI=1S/C21H29N3O3/c25-21(20-9-8-17(27-20)16-23-10-2-1-3-11-23)22-15-18(19-7-6-14-26-19)24-12-4-5-13-24/h6-9,14,18H,1-5,10-13,15-16H2,(H,22,25). The zero-order valence-electron chi connectivity index (χ0n) is 15.9. The van der Waals surface area contributed by atoms with E-state index in [0.29, 0.717) is 12.3 Å². The summed E-state index contributed by atoms with van der Waals surface area (Å²) in [6.07, 6.45) is 7.90. The fourth-order valence-corrected chi connectivity index (χ4v) is 4.14. The Bertz CT molecular complexity index is 713. The predicted octanol–water partition coefficient (Wildman–Crippen LogP) is 3.43. The van der Waals surface area contributed by atoms with Crippen LogP contribution in [-0.2, 0) is 6.54 Å². The van der Waals surface area contributed by atoms with E-state index < -0.39 is 0 Å². The molecule has 0 aromatic carbocycles. The normalized spacial score (nSPS) is 20.0. The maximum Gasteiger partial charge on any atom is 0.287 e. The Labute approximate surface area is 160 Å². The quantitative estimate of drug-likeness (QED) is 0.808. The van der Waals surface area contributed by atoms with E-state index in [1.54, 1.807) is 12.3 Å². The van der Waals surface area contributed by atoms with Gasteiger partial charge in [0, 0.05) is 6.54 Å². The van der Waals surface area contributed by atoms with Crippen LogP contribution in [0.15, 0.2) is 39.4 Å². The van der Waals surface area contributed by atoms with Gasteiger partial charge in [-0.05, 0) is 76.1 Å². The van der Waals surface area contributed by atoms with E-state index in [9.17, 15) is 4.79 Å². The van der Waals surface area contributed by atoms with Crippen LogP contribution >= 0.6 is 0 Å². The fourth-order valence-electron chi connectivity index (χ4n) is 4.14. The largest absolute Gasteiger partial charge is 0.468 e. The monoisotopic (exact) mass is 371 g/mol. The minimum Gasteiger partial charge on any atom is -0.468 e. The third-order valence-corrected chi connectivity index (χ3v) is 5.62. The van der Waals surface area contributed by atoms with Crippen molar-refractivity contribution in [3.63, 3.8) is 0 Å². The SMILES string of the molecule is O=C(NCC(c1ccco1)N1CCCC1)c1ccc(CN2CCCCC2)o1. The molecule has 2 aromatic heterocycles. The highest BCUT2D eigenvalue weighted by molar-refractivity contribution is 5.91. The average Bonchev–Trinajstić information content (AvgIpc) is 3.46. The van der Waals surface area contributed by atoms with E-state index in [2.05, 4.69) is 15.1 Å². The van der Waals surface area contributed by atoms with Crippen LogP contribution in [0.4, 0.5) is 0 Å². The van der Waals surface area contributed by atoms with Gasteiger partial charge in [-0.15, -0.1) is 0 Å². The Morgan fingerprint density at radius 1 is 1.04 bits per heavy atom. The molecule has 1 amide bonds. The predicted molar refractivity (Wildman–Crippen MR) is 102 cm³/mol. The lowest BCUT2D eigenvalue weighted by molar-refractivity contribution is 0.0901. The topological polar surface area (TPSA) is 61.9 Å². The summed E-state index contributed by atoms with van der Waals surface area (Å²) in [6, 6.07) is 7.67. The van der Waals surface area contributed by atoms with Gasteiger partial charge in [0.2, 0.25) is 0 Å². The first kappa shape index (κ1) is 18.3. The van der Waals surface area contributed by atoms with Crippen molar-refractivity contribution in [1.82, 2.24) is 15.1 Å². The lowest BCUT2D eigenvalue weighted by Gasteiger charge is -2.26. The average molecular weight is 371 g/mol. The smallest absolute Gasteiger partial charge is 0.287 e. The summed E-state index contributed by atoms with van der Waals surface area (Å²) in [4.78, 5) is 17.3. The highest BCUT2D eigenvalue weighted by Gasteiger charge is 2.26. The van der Waals surface area contributed by atoms with E-state index in [1.807, 2.05) is 18.2 Å². The van der Waals surface area contributed by atoms with E-state index in [-0.39, 0.29) is 11.9 Å². The van der Waals surface area contributed by atoms with Crippen LogP contribution in [0.2, 0.25) is 0 Å². The number of piperidine rings is 1. The Kier molecular flexibility index (Phi) is 5.94. The third-order valence-electron chi connectivity index (χ3n) is 5.62. The van der Waals surface area contributed by atoms with Crippen molar-refractivity contribution in [2.24, 2.45) is 0 Å². The van der Waals surface area contributed by atoms with Gasteiger partial charge in [-0.3, -0.25) is 14.6 Å². The summed E-state index contributed by atoms with van der Waals surface area (Å²) in [5, 5.41) is 3.03. The molecule has 2 aliphatic heterocycles. The number of likely N-dealkylation sites (tertiary alicyclic amines) is 2. The minimum absolute atomic E-state index is 0.0780. The van der Waals surface area contributed by atoms with Gasteiger partial charge in [-0.1, -0.05) is 6.42 Å². The molecule has 146 valence electrons. The summed E-state index contributed by atoms with van der Waals surface area (Å²) in [7, 11) is 0. The van der Waals surface area contributed by atoms with Gasteiger partial charge in [0.1, 0.15) is 11.5 Å². The van der Waals surface area contributed by atoms with Crippen molar-refractivity contribution in [1.29, 1.82) is 0 Å². The third kappa shape index (κ3) is 4.62. The number of carbonyl (C=O) groups excluding carboxylic acids is 1. The molecule has 2 aliphatic rings. The molecular formula is C21H29N3O3. The molecule has 1 N–H and O–H groups in total. The number of nitrogens with one attached hydrogen (secondary N) is 1. The van der Waals surface area contributed by atoms with Crippen molar-refractivity contribution < 1.29 is 13.6 Å². The molecule has 1 unspecified atom stereocenters. The van der Waals surface area contributed by atoms with Crippen molar-refractivity contribution in [2.75, 3.05) is 32.7 Å². The molecule has 1 atom stereocenters. The van der Waals surface area contributed by atoms with Crippen LogP contribution < -0.4 is 5.32 Å². The lowest BCUT2D eigenvalue weighted by Crippen LogP contribution is -2.36. The summed E-state index contributed by atoms with van der Waals surface area (Å²) < 4.78 is 11.4. The second kappa shape index (κ2) is 8.76. The first-order valence-corrected chi connectivity index (χ1v) is 10.2. The molecule has 0 spiro atoms. The van der Waals surface area contributed by atoms with E-state index in [4.69, 9.17) is 8.83 Å². The molecule has 0 saturated carbocycles. The first-order chi connectivity index (χ1) is 13.3.